The van der Waals surface area contributed by atoms with E-state index in [1.54, 1.807) is 0 Å². The van der Waals surface area contributed by atoms with Crippen molar-refractivity contribution in [2.45, 2.75) is 6.04 Å². The van der Waals surface area contributed by atoms with Crippen LogP contribution < -0.4 is 10.2 Å². The van der Waals surface area contributed by atoms with E-state index in [4.69, 9.17) is 0 Å². The van der Waals surface area contributed by atoms with E-state index in [2.05, 4.69) is 87.4 Å². The molecule has 1 fully saturated rings. The van der Waals surface area contributed by atoms with Gasteiger partial charge in [0.1, 0.15) is 0 Å². The summed E-state index contributed by atoms with van der Waals surface area (Å²) in [6, 6.07) is 19.9. The van der Waals surface area contributed by atoms with Gasteiger partial charge in [-0.15, -0.1) is 0 Å². The zero-order chi connectivity index (χ0) is 13.1. The quantitative estimate of drug-likeness (QED) is 0.822. The van der Waals surface area contributed by atoms with E-state index in [0.717, 1.165) is 19.6 Å². The van der Waals surface area contributed by atoms with Crippen LogP contribution in [0.4, 0.5) is 5.69 Å². The third-order valence-corrected chi connectivity index (χ3v) is 4.22. The number of hydrogen-bond donors (Lipinski definition) is 1. The van der Waals surface area contributed by atoms with Gasteiger partial charge in [-0.2, -0.15) is 0 Å². The van der Waals surface area contributed by atoms with Gasteiger partial charge in [-0.3, -0.25) is 0 Å². The van der Waals surface area contributed by atoms with Gasteiger partial charge in [-0.25, -0.2) is 0 Å². The number of piperazine rings is 1. The van der Waals surface area contributed by atoms with Crippen molar-refractivity contribution >= 4 is 28.3 Å². The Hall–Kier alpha value is -1.07. The van der Waals surface area contributed by atoms with Crippen LogP contribution in [0.1, 0.15) is 11.6 Å². The van der Waals surface area contributed by atoms with Crippen molar-refractivity contribution in [1.29, 1.82) is 0 Å². The summed E-state index contributed by atoms with van der Waals surface area (Å²) < 4.78 is 1.30. The van der Waals surface area contributed by atoms with Gasteiger partial charge in [-0.05, 0) is 46.4 Å². The van der Waals surface area contributed by atoms with Crippen molar-refractivity contribution in [3.63, 3.8) is 0 Å². The predicted molar refractivity (Wildman–Crippen MR) is 88.6 cm³/mol. The molecule has 1 atom stereocenters. The standard InChI is InChI=1S/C16H17IN2/c17-14-7-4-8-15(11-14)19-10-9-18-16(12-19)13-5-2-1-3-6-13/h1-8,11,16,18H,9-10,12H2. The number of rotatable bonds is 2. The number of hydrogen-bond acceptors (Lipinski definition) is 2. The second kappa shape index (κ2) is 5.92. The number of nitrogens with one attached hydrogen (secondary N) is 1. The summed E-state index contributed by atoms with van der Waals surface area (Å²) in [6.45, 7) is 3.14. The first-order valence-electron chi connectivity index (χ1n) is 6.62. The maximum Gasteiger partial charge on any atom is 0.0498 e. The average molecular weight is 364 g/mol. The maximum absolute atomic E-state index is 3.61. The lowest BCUT2D eigenvalue weighted by molar-refractivity contribution is 0.472. The molecule has 1 unspecified atom stereocenters. The highest BCUT2D eigenvalue weighted by molar-refractivity contribution is 14.1. The molecule has 0 saturated carbocycles. The van der Waals surface area contributed by atoms with E-state index in [9.17, 15) is 0 Å². The van der Waals surface area contributed by atoms with Gasteiger partial charge in [0, 0.05) is 34.9 Å². The van der Waals surface area contributed by atoms with Crippen LogP contribution >= 0.6 is 22.6 Å². The van der Waals surface area contributed by atoms with E-state index >= 15 is 0 Å². The Balaban J connectivity index is 1.78. The third-order valence-electron chi connectivity index (χ3n) is 3.55. The lowest BCUT2D eigenvalue weighted by Crippen LogP contribution is -2.45. The van der Waals surface area contributed by atoms with Gasteiger partial charge in [0.25, 0.3) is 0 Å². The number of anilines is 1. The smallest absolute Gasteiger partial charge is 0.0498 e. The average Bonchev–Trinajstić information content (AvgIpc) is 2.48. The van der Waals surface area contributed by atoms with Gasteiger partial charge in [0.2, 0.25) is 0 Å². The SMILES string of the molecule is Ic1cccc(N2CCNC(c3ccccc3)C2)c1. The molecule has 3 rings (SSSR count). The minimum atomic E-state index is 0.424. The molecular weight excluding hydrogens is 347 g/mol. The Morgan fingerprint density at radius 1 is 1.05 bits per heavy atom. The number of benzene rings is 2. The van der Waals surface area contributed by atoms with Gasteiger partial charge >= 0.3 is 0 Å². The summed E-state index contributed by atoms with van der Waals surface area (Å²) in [5, 5.41) is 3.61. The van der Waals surface area contributed by atoms with Crippen molar-refractivity contribution in [2.75, 3.05) is 24.5 Å². The molecule has 98 valence electrons. The fourth-order valence-corrected chi connectivity index (χ4v) is 3.09. The lowest BCUT2D eigenvalue weighted by atomic mass is 10.0. The van der Waals surface area contributed by atoms with Crippen LogP contribution in [-0.4, -0.2) is 19.6 Å². The van der Waals surface area contributed by atoms with Crippen LogP contribution in [0.25, 0.3) is 0 Å². The van der Waals surface area contributed by atoms with Crippen molar-refractivity contribution < 1.29 is 0 Å². The van der Waals surface area contributed by atoms with Crippen molar-refractivity contribution in [3.05, 3.63) is 63.7 Å². The van der Waals surface area contributed by atoms with Crippen molar-refractivity contribution in [1.82, 2.24) is 5.32 Å². The zero-order valence-corrected chi connectivity index (χ0v) is 12.9. The predicted octanol–water partition coefficient (Wildman–Crippen LogP) is 3.44. The minimum Gasteiger partial charge on any atom is -0.368 e. The first-order valence-corrected chi connectivity index (χ1v) is 7.69. The molecule has 2 nitrogen and oxygen atoms in total. The molecule has 19 heavy (non-hydrogen) atoms. The monoisotopic (exact) mass is 364 g/mol. The summed E-state index contributed by atoms with van der Waals surface area (Å²) >= 11 is 2.38. The molecule has 2 aromatic carbocycles. The summed E-state index contributed by atoms with van der Waals surface area (Å²) in [5.41, 5.74) is 2.70. The Morgan fingerprint density at radius 2 is 1.89 bits per heavy atom. The number of halogens is 1. The molecular formula is C16H17IN2. The molecule has 1 N–H and O–H groups in total. The molecule has 1 aliphatic heterocycles. The molecule has 0 aromatic heterocycles. The molecule has 0 spiro atoms. The molecule has 1 heterocycles. The fraction of sp³-hybridized carbons (Fsp3) is 0.250. The van der Waals surface area contributed by atoms with Crippen LogP contribution in [0.2, 0.25) is 0 Å². The fourth-order valence-electron chi connectivity index (χ4n) is 2.57. The first kappa shape index (κ1) is 12.9. The highest BCUT2D eigenvalue weighted by Crippen LogP contribution is 2.23. The Bertz CT molecular complexity index is 541. The Morgan fingerprint density at radius 3 is 2.68 bits per heavy atom. The largest absolute Gasteiger partial charge is 0.368 e. The van der Waals surface area contributed by atoms with E-state index in [-0.39, 0.29) is 0 Å². The lowest BCUT2D eigenvalue weighted by Gasteiger charge is -2.35. The van der Waals surface area contributed by atoms with Crippen LogP contribution in [-0.2, 0) is 0 Å². The van der Waals surface area contributed by atoms with Gasteiger partial charge < -0.3 is 10.2 Å². The highest BCUT2D eigenvalue weighted by atomic mass is 127. The second-order valence-corrected chi connectivity index (χ2v) is 6.09. The number of nitrogens with zero attached hydrogens (tertiary/aromatic N) is 1. The Labute approximate surface area is 128 Å². The van der Waals surface area contributed by atoms with Crippen LogP contribution in [0.5, 0.6) is 0 Å². The summed E-state index contributed by atoms with van der Waals surface area (Å²) in [5.74, 6) is 0. The normalized spacial score (nSPS) is 19.4. The van der Waals surface area contributed by atoms with E-state index < -0.39 is 0 Å². The first-order chi connectivity index (χ1) is 9.33. The Kier molecular flexibility index (Phi) is 4.03. The third kappa shape index (κ3) is 3.09. The van der Waals surface area contributed by atoms with E-state index in [1.165, 1.54) is 14.8 Å². The van der Waals surface area contributed by atoms with E-state index in [1.807, 2.05) is 0 Å². The van der Waals surface area contributed by atoms with Crippen molar-refractivity contribution in [3.8, 4) is 0 Å². The van der Waals surface area contributed by atoms with Gasteiger partial charge in [0.15, 0.2) is 0 Å². The summed E-state index contributed by atoms with van der Waals surface area (Å²) in [6.07, 6.45) is 0. The maximum atomic E-state index is 3.61. The molecule has 0 amide bonds. The highest BCUT2D eigenvalue weighted by Gasteiger charge is 2.20. The van der Waals surface area contributed by atoms with Crippen LogP contribution in [0.3, 0.4) is 0 Å². The molecule has 1 aliphatic rings. The van der Waals surface area contributed by atoms with Gasteiger partial charge in [-0.1, -0.05) is 36.4 Å². The molecule has 1 saturated heterocycles. The molecule has 3 heteroatoms. The summed E-state index contributed by atoms with van der Waals surface area (Å²) in [7, 11) is 0. The van der Waals surface area contributed by atoms with E-state index in [0.29, 0.717) is 6.04 Å². The minimum absolute atomic E-state index is 0.424. The molecule has 0 radical (unpaired) electrons. The second-order valence-electron chi connectivity index (χ2n) is 4.84. The van der Waals surface area contributed by atoms with Crippen LogP contribution in [0.15, 0.2) is 54.6 Å². The molecule has 2 aromatic rings. The van der Waals surface area contributed by atoms with Crippen LogP contribution in [0, 0.1) is 3.57 Å². The summed E-state index contributed by atoms with van der Waals surface area (Å²) in [4.78, 5) is 2.47. The topological polar surface area (TPSA) is 15.3 Å². The molecule has 0 bridgehead atoms. The molecule has 0 aliphatic carbocycles. The van der Waals surface area contributed by atoms with Gasteiger partial charge in [0.05, 0.1) is 0 Å². The zero-order valence-electron chi connectivity index (χ0n) is 10.7. The van der Waals surface area contributed by atoms with Crippen molar-refractivity contribution in [2.24, 2.45) is 0 Å².